The lowest BCUT2D eigenvalue weighted by Gasteiger charge is -2.26. The molecule has 1 aromatic carbocycles. The van der Waals surface area contributed by atoms with Gasteiger partial charge in [-0.05, 0) is 12.1 Å². The number of hydrogen-bond donors (Lipinski definition) is 2. The molecule has 0 unspecified atom stereocenters. The van der Waals surface area contributed by atoms with Gasteiger partial charge in [-0.15, -0.1) is 0 Å². The van der Waals surface area contributed by atoms with Crippen molar-refractivity contribution in [3.63, 3.8) is 0 Å². The SMILES string of the molecule is Fc1cccc(-c2ncc(CN3CCNCC3)[nH]2)c1. The fraction of sp³-hybridized carbons (Fsp3) is 0.357. The first-order valence-corrected chi connectivity index (χ1v) is 6.54. The van der Waals surface area contributed by atoms with E-state index in [9.17, 15) is 4.39 Å². The van der Waals surface area contributed by atoms with Crippen molar-refractivity contribution < 1.29 is 4.39 Å². The summed E-state index contributed by atoms with van der Waals surface area (Å²) in [6, 6.07) is 6.49. The third-order valence-electron chi connectivity index (χ3n) is 3.33. The van der Waals surface area contributed by atoms with Crippen LogP contribution in [-0.4, -0.2) is 41.0 Å². The Balaban J connectivity index is 1.72. The van der Waals surface area contributed by atoms with Crippen LogP contribution in [-0.2, 0) is 6.54 Å². The van der Waals surface area contributed by atoms with Gasteiger partial charge in [-0.3, -0.25) is 4.90 Å². The summed E-state index contributed by atoms with van der Waals surface area (Å²) < 4.78 is 13.2. The lowest BCUT2D eigenvalue weighted by Crippen LogP contribution is -2.42. The third kappa shape index (κ3) is 3.00. The molecule has 3 rings (SSSR count). The van der Waals surface area contributed by atoms with Crippen LogP contribution in [0, 0.1) is 5.82 Å². The summed E-state index contributed by atoms with van der Waals surface area (Å²) in [7, 11) is 0. The van der Waals surface area contributed by atoms with Gasteiger partial charge in [-0.25, -0.2) is 9.37 Å². The van der Waals surface area contributed by atoms with Gasteiger partial charge in [0.15, 0.2) is 0 Å². The molecule has 0 amide bonds. The summed E-state index contributed by atoms with van der Waals surface area (Å²) in [5.74, 6) is 0.488. The highest BCUT2D eigenvalue weighted by Gasteiger charge is 2.11. The first-order chi connectivity index (χ1) is 9.31. The maximum atomic E-state index is 13.2. The fourth-order valence-corrected chi connectivity index (χ4v) is 2.33. The summed E-state index contributed by atoms with van der Waals surface area (Å²) in [5, 5.41) is 3.33. The number of aromatic nitrogens is 2. The second-order valence-electron chi connectivity index (χ2n) is 4.79. The Morgan fingerprint density at radius 3 is 2.89 bits per heavy atom. The summed E-state index contributed by atoms with van der Waals surface area (Å²) in [4.78, 5) is 9.97. The Morgan fingerprint density at radius 2 is 2.11 bits per heavy atom. The molecule has 100 valence electrons. The molecule has 1 saturated heterocycles. The number of hydrogen-bond acceptors (Lipinski definition) is 3. The highest BCUT2D eigenvalue weighted by Crippen LogP contribution is 2.17. The lowest BCUT2D eigenvalue weighted by atomic mass is 10.2. The minimum atomic E-state index is -0.238. The van der Waals surface area contributed by atoms with Crippen LogP contribution in [0.2, 0.25) is 0 Å². The molecule has 2 aromatic rings. The monoisotopic (exact) mass is 260 g/mol. The van der Waals surface area contributed by atoms with E-state index in [1.165, 1.54) is 12.1 Å². The lowest BCUT2D eigenvalue weighted by molar-refractivity contribution is 0.231. The minimum absolute atomic E-state index is 0.238. The quantitative estimate of drug-likeness (QED) is 0.881. The second-order valence-corrected chi connectivity index (χ2v) is 4.79. The van der Waals surface area contributed by atoms with Gasteiger partial charge in [-0.1, -0.05) is 12.1 Å². The maximum Gasteiger partial charge on any atom is 0.137 e. The number of piperazine rings is 1. The number of rotatable bonds is 3. The van der Waals surface area contributed by atoms with Crippen molar-refractivity contribution in [2.24, 2.45) is 0 Å². The smallest absolute Gasteiger partial charge is 0.137 e. The number of benzene rings is 1. The molecule has 1 aliphatic heterocycles. The molecule has 2 N–H and O–H groups in total. The zero-order chi connectivity index (χ0) is 13.1. The summed E-state index contributed by atoms with van der Waals surface area (Å²) in [6.45, 7) is 5.03. The molecule has 0 saturated carbocycles. The van der Waals surface area contributed by atoms with Gasteiger partial charge in [0.1, 0.15) is 11.6 Å². The number of imidazole rings is 1. The van der Waals surface area contributed by atoms with E-state index >= 15 is 0 Å². The molecule has 0 bridgehead atoms. The molecule has 5 heteroatoms. The van der Waals surface area contributed by atoms with E-state index in [2.05, 4.69) is 20.2 Å². The number of H-pyrrole nitrogens is 1. The largest absolute Gasteiger partial charge is 0.341 e. The molecule has 19 heavy (non-hydrogen) atoms. The van der Waals surface area contributed by atoms with E-state index in [0.29, 0.717) is 0 Å². The number of nitrogens with zero attached hydrogens (tertiary/aromatic N) is 2. The standard InChI is InChI=1S/C14H17FN4/c15-12-3-1-2-11(8-12)14-17-9-13(18-14)10-19-6-4-16-5-7-19/h1-3,8-9,16H,4-7,10H2,(H,17,18). The van der Waals surface area contributed by atoms with Crippen LogP contribution in [0.15, 0.2) is 30.5 Å². The number of aromatic amines is 1. The maximum absolute atomic E-state index is 13.2. The number of halogens is 1. The van der Waals surface area contributed by atoms with Crippen molar-refractivity contribution in [2.75, 3.05) is 26.2 Å². The Morgan fingerprint density at radius 1 is 1.26 bits per heavy atom. The van der Waals surface area contributed by atoms with Crippen molar-refractivity contribution in [3.05, 3.63) is 42.0 Å². The van der Waals surface area contributed by atoms with Crippen LogP contribution in [0.25, 0.3) is 11.4 Å². The van der Waals surface area contributed by atoms with Crippen molar-refractivity contribution in [2.45, 2.75) is 6.54 Å². The summed E-state index contributed by atoms with van der Waals surface area (Å²) in [6.07, 6.45) is 1.84. The molecular weight excluding hydrogens is 243 g/mol. The van der Waals surface area contributed by atoms with Gasteiger partial charge in [0, 0.05) is 50.2 Å². The number of nitrogens with one attached hydrogen (secondary N) is 2. The molecule has 0 atom stereocenters. The fourth-order valence-electron chi connectivity index (χ4n) is 2.33. The molecule has 2 heterocycles. The van der Waals surface area contributed by atoms with E-state index in [1.807, 2.05) is 12.3 Å². The molecule has 0 aliphatic carbocycles. The van der Waals surface area contributed by atoms with E-state index in [4.69, 9.17) is 0 Å². The average molecular weight is 260 g/mol. The zero-order valence-corrected chi connectivity index (χ0v) is 10.7. The van der Waals surface area contributed by atoms with E-state index < -0.39 is 0 Å². The van der Waals surface area contributed by atoms with Crippen LogP contribution >= 0.6 is 0 Å². The van der Waals surface area contributed by atoms with Crippen molar-refractivity contribution >= 4 is 0 Å². The van der Waals surface area contributed by atoms with Crippen LogP contribution in [0.1, 0.15) is 5.69 Å². The molecular formula is C14H17FN4. The van der Waals surface area contributed by atoms with E-state index in [1.54, 1.807) is 6.07 Å². The van der Waals surface area contributed by atoms with Gasteiger partial charge in [0.25, 0.3) is 0 Å². The zero-order valence-electron chi connectivity index (χ0n) is 10.7. The van der Waals surface area contributed by atoms with Gasteiger partial charge in [0.2, 0.25) is 0 Å². The van der Waals surface area contributed by atoms with Crippen molar-refractivity contribution in [3.8, 4) is 11.4 Å². The van der Waals surface area contributed by atoms with Crippen LogP contribution in [0.4, 0.5) is 4.39 Å². The molecule has 1 fully saturated rings. The van der Waals surface area contributed by atoms with Crippen molar-refractivity contribution in [1.82, 2.24) is 20.2 Å². The Kier molecular flexibility index (Phi) is 3.57. The summed E-state index contributed by atoms with van der Waals surface area (Å²) in [5.41, 5.74) is 1.85. The molecule has 4 nitrogen and oxygen atoms in total. The minimum Gasteiger partial charge on any atom is -0.341 e. The first kappa shape index (κ1) is 12.3. The average Bonchev–Trinajstić information content (AvgIpc) is 2.88. The Labute approximate surface area is 111 Å². The Hall–Kier alpha value is -1.72. The highest BCUT2D eigenvalue weighted by atomic mass is 19.1. The highest BCUT2D eigenvalue weighted by molar-refractivity contribution is 5.54. The Bertz CT molecular complexity index is 546. The molecule has 0 radical (unpaired) electrons. The van der Waals surface area contributed by atoms with Crippen molar-refractivity contribution in [1.29, 1.82) is 0 Å². The van der Waals surface area contributed by atoms with Crippen LogP contribution < -0.4 is 5.32 Å². The second kappa shape index (κ2) is 5.50. The van der Waals surface area contributed by atoms with Gasteiger partial charge < -0.3 is 10.3 Å². The predicted octanol–water partition coefficient (Wildman–Crippen LogP) is 1.62. The first-order valence-electron chi connectivity index (χ1n) is 6.54. The van der Waals surface area contributed by atoms with Crippen LogP contribution in [0.5, 0.6) is 0 Å². The molecule has 0 spiro atoms. The van der Waals surface area contributed by atoms with Gasteiger partial charge >= 0.3 is 0 Å². The molecule has 1 aromatic heterocycles. The predicted molar refractivity (Wildman–Crippen MR) is 72.1 cm³/mol. The van der Waals surface area contributed by atoms with Gasteiger partial charge in [-0.2, -0.15) is 0 Å². The van der Waals surface area contributed by atoms with Crippen LogP contribution in [0.3, 0.4) is 0 Å². The topological polar surface area (TPSA) is 44.0 Å². The van der Waals surface area contributed by atoms with E-state index in [0.717, 1.165) is 49.8 Å². The molecule has 1 aliphatic rings. The summed E-state index contributed by atoms with van der Waals surface area (Å²) >= 11 is 0. The van der Waals surface area contributed by atoms with Gasteiger partial charge in [0.05, 0.1) is 0 Å². The van der Waals surface area contributed by atoms with E-state index in [-0.39, 0.29) is 5.82 Å². The third-order valence-corrected chi connectivity index (χ3v) is 3.33. The normalized spacial score (nSPS) is 16.7.